The van der Waals surface area contributed by atoms with Crippen molar-refractivity contribution >= 4 is 34.1 Å². The zero-order valence-electron chi connectivity index (χ0n) is 10.1. The van der Waals surface area contributed by atoms with Crippen LogP contribution in [0.5, 0.6) is 0 Å². The molecule has 1 aliphatic rings. The molecule has 18 heavy (non-hydrogen) atoms. The summed E-state index contributed by atoms with van der Waals surface area (Å²) >= 11 is 2.97. The van der Waals surface area contributed by atoms with Gasteiger partial charge in [0.1, 0.15) is 5.54 Å². The minimum absolute atomic E-state index is 0.199. The largest absolute Gasteiger partial charge is 0.381 e. The molecule has 1 saturated heterocycles. The number of ether oxygens (including phenoxy) is 1. The standard InChI is InChI=1S/C10H16N4O2S2/c1-2-17-9-14-13-8(18-9)12-7(15)10(11)3-5-16-6-4-10/h2-6,11H2,1H3,(H,12,13,15). The Morgan fingerprint density at radius 3 is 2.94 bits per heavy atom. The highest BCUT2D eigenvalue weighted by Crippen LogP contribution is 2.26. The third-order valence-electron chi connectivity index (χ3n) is 2.73. The van der Waals surface area contributed by atoms with Gasteiger partial charge < -0.3 is 10.5 Å². The number of nitrogens with two attached hydrogens (primary N) is 1. The van der Waals surface area contributed by atoms with Crippen LogP contribution >= 0.6 is 23.1 Å². The number of amides is 1. The Kier molecular flexibility index (Phi) is 4.55. The van der Waals surface area contributed by atoms with Crippen LogP contribution in [0.1, 0.15) is 19.8 Å². The summed E-state index contributed by atoms with van der Waals surface area (Å²) in [6.07, 6.45) is 1.07. The molecule has 1 aliphatic heterocycles. The van der Waals surface area contributed by atoms with Gasteiger partial charge in [0.15, 0.2) is 4.34 Å². The lowest BCUT2D eigenvalue weighted by atomic mass is 9.90. The average molecular weight is 288 g/mol. The van der Waals surface area contributed by atoms with E-state index in [1.165, 1.54) is 11.3 Å². The van der Waals surface area contributed by atoms with E-state index in [0.717, 1.165) is 10.1 Å². The molecule has 1 fully saturated rings. The predicted octanol–water partition coefficient (Wildman–Crippen LogP) is 1.10. The molecule has 1 aromatic rings. The van der Waals surface area contributed by atoms with Crippen molar-refractivity contribution in [3.63, 3.8) is 0 Å². The van der Waals surface area contributed by atoms with Crippen LogP contribution in [0.3, 0.4) is 0 Å². The molecule has 100 valence electrons. The highest BCUT2D eigenvalue weighted by molar-refractivity contribution is 8.01. The summed E-state index contributed by atoms with van der Waals surface area (Å²) in [5.41, 5.74) is 5.23. The number of nitrogens with one attached hydrogen (secondary N) is 1. The van der Waals surface area contributed by atoms with E-state index in [0.29, 0.717) is 31.2 Å². The van der Waals surface area contributed by atoms with Crippen LogP contribution in [0, 0.1) is 0 Å². The van der Waals surface area contributed by atoms with Crippen LogP contribution in [0.25, 0.3) is 0 Å². The SMILES string of the molecule is CCSc1nnc(NC(=O)C2(N)CCOCC2)s1. The van der Waals surface area contributed by atoms with Gasteiger partial charge in [-0.05, 0) is 18.6 Å². The van der Waals surface area contributed by atoms with Crippen molar-refractivity contribution in [1.29, 1.82) is 0 Å². The van der Waals surface area contributed by atoms with Crippen molar-refractivity contribution in [3.05, 3.63) is 0 Å². The summed E-state index contributed by atoms with van der Waals surface area (Å²) in [5, 5.41) is 11.2. The number of hydrogen-bond donors (Lipinski definition) is 2. The van der Waals surface area contributed by atoms with Crippen molar-refractivity contribution < 1.29 is 9.53 Å². The Morgan fingerprint density at radius 1 is 1.56 bits per heavy atom. The first kappa shape index (κ1) is 13.7. The molecular weight excluding hydrogens is 272 g/mol. The van der Waals surface area contributed by atoms with Gasteiger partial charge in [-0.2, -0.15) is 0 Å². The van der Waals surface area contributed by atoms with E-state index in [-0.39, 0.29) is 5.91 Å². The molecule has 0 bridgehead atoms. The highest BCUT2D eigenvalue weighted by atomic mass is 32.2. The van der Waals surface area contributed by atoms with Crippen LogP contribution < -0.4 is 11.1 Å². The molecule has 2 heterocycles. The minimum atomic E-state index is -0.845. The van der Waals surface area contributed by atoms with Gasteiger partial charge in [-0.3, -0.25) is 10.1 Å². The van der Waals surface area contributed by atoms with Gasteiger partial charge in [-0.15, -0.1) is 10.2 Å². The van der Waals surface area contributed by atoms with Crippen LogP contribution in [-0.2, 0) is 9.53 Å². The van der Waals surface area contributed by atoms with Gasteiger partial charge in [-0.1, -0.05) is 30.0 Å². The summed E-state index contributed by atoms with van der Waals surface area (Å²) in [4.78, 5) is 12.1. The number of carbonyl (C=O) groups excluding carboxylic acids is 1. The molecule has 3 N–H and O–H groups in total. The highest BCUT2D eigenvalue weighted by Gasteiger charge is 2.36. The second-order valence-electron chi connectivity index (χ2n) is 4.03. The van der Waals surface area contributed by atoms with Crippen molar-refractivity contribution in [2.24, 2.45) is 5.73 Å². The minimum Gasteiger partial charge on any atom is -0.381 e. The Bertz CT molecular complexity index is 418. The van der Waals surface area contributed by atoms with Gasteiger partial charge >= 0.3 is 0 Å². The fraction of sp³-hybridized carbons (Fsp3) is 0.700. The Morgan fingerprint density at radius 2 is 2.28 bits per heavy atom. The van der Waals surface area contributed by atoms with E-state index < -0.39 is 5.54 Å². The van der Waals surface area contributed by atoms with Gasteiger partial charge in [0.2, 0.25) is 11.0 Å². The number of hydrogen-bond acceptors (Lipinski definition) is 7. The van der Waals surface area contributed by atoms with E-state index in [9.17, 15) is 4.79 Å². The molecular formula is C10H16N4O2S2. The normalized spacial score (nSPS) is 18.6. The summed E-state index contributed by atoms with van der Waals surface area (Å²) in [6.45, 7) is 3.09. The van der Waals surface area contributed by atoms with Crippen molar-refractivity contribution in [2.45, 2.75) is 29.6 Å². The van der Waals surface area contributed by atoms with Crippen molar-refractivity contribution in [1.82, 2.24) is 10.2 Å². The van der Waals surface area contributed by atoms with E-state index in [4.69, 9.17) is 10.5 Å². The molecule has 2 rings (SSSR count). The average Bonchev–Trinajstić information content (AvgIpc) is 2.78. The molecule has 0 aromatic carbocycles. The fourth-order valence-corrected chi connectivity index (χ4v) is 3.27. The predicted molar refractivity (Wildman–Crippen MR) is 71.9 cm³/mol. The molecule has 0 radical (unpaired) electrons. The van der Waals surface area contributed by atoms with Gasteiger partial charge in [0.05, 0.1) is 0 Å². The molecule has 0 saturated carbocycles. The first-order chi connectivity index (χ1) is 8.64. The van der Waals surface area contributed by atoms with Crippen molar-refractivity contribution in [2.75, 3.05) is 24.3 Å². The number of aromatic nitrogens is 2. The topological polar surface area (TPSA) is 90.1 Å². The molecule has 0 spiro atoms. The first-order valence-electron chi connectivity index (χ1n) is 5.78. The number of rotatable bonds is 4. The molecule has 8 heteroatoms. The van der Waals surface area contributed by atoms with Gasteiger partial charge in [-0.25, -0.2) is 0 Å². The van der Waals surface area contributed by atoms with Crippen LogP contribution in [0.2, 0.25) is 0 Å². The molecule has 0 atom stereocenters. The van der Waals surface area contributed by atoms with E-state index in [1.54, 1.807) is 11.8 Å². The van der Waals surface area contributed by atoms with Crippen molar-refractivity contribution in [3.8, 4) is 0 Å². The summed E-state index contributed by atoms with van der Waals surface area (Å²) in [5.74, 6) is 0.732. The summed E-state index contributed by atoms with van der Waals surface area (Å²) < 4.78 is 6.07. The van der Waals surface area contributed by atoms with Crippen LogP contribution in [-0.4, -0.2) is 40.6 Å². The van der Waals surface area contributed by atoms with Gasteiger partial charge in [0, 0.05) is 13.2 Å². The Labute approximate surface area is 114 Å². The van der Waals surface area contributed by atoms with Gasteiger partial charge in [0.25, 0.3) is 0 Å². The van der Waals surface area contributed by atoms with E-state index >= 15 is 0 Å². The lowest BCUT2D eigenvalue weighted by Crippen LogP contribution is -2.54. The molecule has 1 aromatic heterocycles. The fourth-order valence-electron chi connectivity index (χ4n) is 1.63. The summed E-state index contributed by atoms with van der Waals surface area (Å²) in [7, 11) is 0. The number of nitrogens with zero attached hydrogens (tertiary/aromatic N) is 2. The summed E-state index contributed by atoms with van der Waals surface area (Å²) in [6, 6.07) is 0. The second kappa shape index (κ2) is 5.96. The second-order valence-corrected chi connectivity index (χ2v) is 6.52. The maximum Gasteiger partial charge on any atom is 0.246 e. The Hall–Kier alpha value is -0.700. The quantitative estimate of drug-likeness (QED) is 0.637. The third-order valence-corrected chi connectivity index (χ3v) is 4.59. The Balaban J connectivity index is 1.97. The molecule has 0 aliphatic carbocycles. The molecule has 6 nitrogen and oxygen atoms in total. The molecule has 1 amide bonds. The van der Waals surface area contributed by atoms with E-state index in [2.05, 4.69) is 15.5 Å². The zero-order valence-corrected chi connectivity index (χ0v) is 11.8. The lowest BCUT2D eigenvalue weighted by Gasteiger charge is -2.31. The smallest absolute Gasteiger partial charge is 0.246 e. The third kappa shape index (κ3) is 3.19. The monoisotopic (exact) mass is 288 g/mol. The number of thioether (sulfide) groups is 1. The number of anilines is 1. The maximum absolute atomic E-state index is 12.1. The lowest BCUT2D eigenvalue weighted by molar-refractivity contribution is -0.124. The first-order valence-corrected chi connectivity index (χ1v) is 7.58. The van der Waals surface area contributed by atoms with Crippen LogP contribution in [0.15, 0.2) is 4.34 Å². The molecule has 0 unspecified atom stereocenters. The van der Waals surface area contributed by atoms with Crippen LogP contribution in [0.4, 0.5) is 5.13 Å². The maximum atomic E-state index is 12.1. The van der Waals surface area contributed by atoms with E-state index in [1.807, 2.05) is 6.92 Å². The number of carbonyl (C=O) groups is 1. The zero-order chi connectivity index (χ0) is 13.0.